The van der Waals surface area contributed by atoms with Gasteiger partial charge in [-0.3, -0.25) is 0 Å². The lowest BCUT2D eigenvalue weighted by atomic mass is 10.1. The van der Waals surface area contributed by atoms with E-state index in [1.807, 2.05) is 6.07 Å². The summed E-state index contributed by atoms with van der Waals surface area (Å²) >= 11 is 0. The topological polar surface area (TPSA) is 18.5 Å². The molecule has 2 rings (SSSR count). The predicted molar refractivity (Wildman–Crippen MR) is 146 cm³/mol. The molecule has 0 bridgehead atoms. The third-order valence-corrected chi connectivity index (χ3v) is 18.1. The Balaban J connectivity index is 3.00. The minimum atomic E-state index is -1.77. The lowest BCUT2D eigenvalue weighted by Crippen LogP contribution is -2.45. The van der Waals surface area contributed by atoms with E-state index < -0.39 is 24.2 Å². The number of benzene rings is 1. The smallest absolute Gasteiger partial charge is 0.134 e. The summed E-state index contributed by atoms with van der Waals surface area (Å²) in [4.78, 5) is 0. The minimum Gasteiger partial charge on any atom is -0.497 e. The van der Waals surface area contributed by atoms with E-state index in [-0.39, 0.29) is 0 Å². The molecule has 2 nitrogen and oxygen atoms in total. The normalized spacial score (nSPS) is 17.0. The van der Waals surface area contributed by atoms with Gasteiger partial charge in [-0.25, -0.2) is 0 Å². The quantitative estimate of drug-likeness (QED) is 0.368. The van der Waals surface area contributed by atoms with E-state index in [2.05, 4.69) is 98.7 Å². The van der Waals surface area contributed by atoms with Crippen LogP contribution in [0, 0.1) is 0 Å². The van der Waals surface area contributed by atoms with Gasteiger partial charge in [0.1, 0.15) is 17.3 Å². The molecule has 1 aromatic rings. The molecule has 0 N–H and O–H groups in total. The van der Waals surface area contributed by atoms with Crippen molar-refractivity contribution in [3.05, 3.63) is 40.4 Å². The fourth-order valence-electron chi connectivity index (χ4n) is 5.70. The lowest BCUT2D eigenvalue weighted by Gasteiger charge is -2.43. The van der Waals surface area contributed by atoms with Crippen LogP contribution in [0.5, 0.6) is 11.5 Å². The van der Waals surface area contributed by atoms with Crippen LogP contribution >= 0.6 is 0 Å². The monoisotopic (exact) mass is 474 g/mol. The molecule has 0 aromatic heterocycles. The van der Waals surface area contributed by atoms with Crippen molar-refractivity contribution in [2.24, 2.45) is 0 Å². The molecule has 174 valence electrons. The molecular formula is C26H46O2Si3. The Morgan fingerprint density at radius 2 is 1.26 bits per heavy atom. The zero-order valence-corrected chi connectivity index (χ0v) is 25.4. The first-order chi connectivity index (χ1) is 14.1. The second-order valence-electron chi connectivity index (χ2n) is 12.2. The van der Waals surface area contributed by atoms with Crippen LogP contribution in [0.1, 0.15) is 47.1 Å². The maximum absolute atomic E-state index is 6.84. The fourth-order valence-corrected chi connectivity index (χ4v) is 17.4. The zero-order chi connectivity index (χ0) is 23.9. The molecule has 1 heterocycles. The van der Waals surface area contributed by atoms with Crippen LogP contribution in [0.15, 0.2) is 34.9 Å². The number of ether oxygens (including phenoxy) is 2. The molecule has 0 aliphatic carbocycles. The first-order valence-corrected chi connectivity index (χ1v) is 21.2. The van der Waals surface area contributed by atoms with Gasteiger partial charge in [0, 0.05) is 5.56 Å². The van der Waals surface area contributed by atoms with E-state index >= 15 is 0 Å². The van der Waals surface area contributed by atoms with Gasteiger partial charge in [-0.2, -0.15) is 0 Å². The number of rotatable bonds is 7. The van der Waals surface area contributed by atoms with E-state index in [9.17, 15) is 0 Å². The molecule has 1 aromatic carbocycles. The van der Waals surface area contributed by atoms with Crippen LogP contribution in [-0.2, 0) is 0 Å². The standard InChI is InChI=1S/C26H46O2Si3/c1-18(2)31(19(3)4,20(5)6)17-24-26(30(11,12)13)25(29(8,9)10)22-16-21(27-7)14-15-23(22)28-24/h14-20H,1-13H3/b24-17-. The van der Waals surface area contributed by atoms with E-state index in [4.69, 9.17) is 9.47 Å². The van der Waals surface area contributed by atoms with Crippen molar-refractivity contribution in [1.29, 1.82) is 0 Å². The molecule has 0 fully saturated rings. The van der Waals surface area contributed by atoms with Gasteiger partial charge in [-0.1, -0.05) is 86.5 Å². The van der Waals surface area contributed by atoms with Crippen LogP contribution < -0.4 is 9.47 Å². The molecule has 0 radical (unpaired) electrons. The largest absolute Gasteiger partial charge is 0.497 e. The average Bonchev–Trinajstić information content (AvgIpc) is 2.61. The molecule has 0 atom stereocenters. The maximum Gasteiger partial charge on any atom is 0.134 e. The Bertz CT molecular complexity index is 844. The van der Waals surface area contributed by atoms with Gasteiger partial charge in [-0.15, -0.1) is 0 Å². The van der Waals surface area contributed by atoms with Gasteiger partial charge >= 0.3 is 0 Å². The summed E-state index contributed by atoms with van der Waals surface area (Å²) in [5.74, 6) is 3.11. The van der Waals surface area contributed by atoms with Crippen molar-refractivity contribution in [3.63, 3.8) is 0 Å². The highest BCUT2D eigenvalue weighted by Crippen LogP contribution is 2.49. The molecular weight excluding hydrogens is 429 g/mol. The molecule has 0 amide bonds. The summed E-state index contributed by atoms with van der Waals surface area (Å²) in [5, 5.41) is 3.13. The predicted octanol–water partition coefficient (Wildman–Crippen LogP) is 8.70. The number of hydrogen-bond donors (Lipinski definition) is 0. The second kappa shape index (κ2) is 9.06. The number of hydrogen-bond acceptors (Lipinski definition) is 2. The highest BCUT2D eigenvalue weighted by atomic mass is 28.3. The highest BCUT2D eigenvalue weighted by molar-refractivity contribution is 6.98. The molecule has 0 saturated carbocycles. The first-order valence-electron chi connectivity index (χ1n) is 11.9. The van der Waals surface area contributed by atoms with Crippen molar-refractivity contribution in [3.8, 4) is 11.5 Å². The Kier molecular flexibility index (Phi) is 7.66. The van der Waals surface area contributed by atoms with Crippen molar-refractivity contribution in [2.45, 2.75) is 97.4 Å². The first kappa shape index (κ1) is 26.2. The minimum absolute atomic E-state index is 0.666. The van der Waals surface area contributed by atoms with Crippen LogP contribution in [-0.4, -0.2) is 31.3 Å². The van der Waals surface area contributed by atoms with Crippen molar-refractivity contribution < 1.29 is 9.47 Å². The molecule has 0 spiro atoms. The van der Waals surface area contributed by atoms with E-state index in [1.165, 1.54) is 11.3 Å². The van der Waals surface area contributed by atoms with Gasteiger partial charge < -0.3 is 9.47 Å². The lowest BCUT2D eigenvalue weighted by molar-refractivity contribution is 0.408. The van der Waals surface area contributed by atoms with Crippen molar-refractivity contribution in [2.75, 3.05) is 7.11 Å². The molecule has 0 saturated heterocycles. The molecule has 5 heteroatoms. The number of allylic oxidation sites excluding steroid dienone is 1. The van der Waals surface area contributed by atoms with Crippen LogP contribution in [0.25, 0.3) is 5.20 Å². The summed E-state index contributed by atoms with van der Waals surface area (Å²) in [7, 11) is -3.37. The van der Waals surface area contributed by atoms with Gasteiger partial charge in [-0.05, 0) is 45.2 Å². The van der Waals surface area contributed by atoms with Gasteiger partial charge in [0.15, 0.2) is 0 Å². The summed E-state index contributed by atoms with van der Waals surface area (Å²) in [6.45, 7) is 29.5. The van der Waals surface area contributed by atoms with E-state index in [0.29, 0.717) is 16.6 Å². The number of fused-ring (bicyclic) bond motifs is 1. The van der Waals surface area contributed by atoms with Gasteiger partial charge in [0.2, 0.25) is 0 Å². The Morgan fingerprint density at radius 3 is 1.65 bits per heavy atom. The SMILES string of the molecule is COc1ccc2c(c1)C([Si](C)(C)C)=C([Si](C)(C)C)/C(=C/[Si](C(C)C)(C(C)C)C(C)C)O2. The average molecular weight is 475 g/mol. The summed E-state index contributed by atoms with van der Waals surface area (Å²) in [6, 6.07) is 6.36. The maximum atomic E-state index is 6.84. The number of methoxy groups -OCH3 is 1. The Labute approximate surface area is 195 Å². The summed E-state index contributed by atoms with van der Waals surface area (Å²) in [6.07, 6.45) is 0. The Morgan fingerprint density at radius 1 is 0.774 bits per heavy atom. The fraction of sp³-hybridized carbons (Fsp3) is 0.615. The van der Waals surface area contributed by atoms with Gasteiger partial charge in [0.25, 0.3) is 0 Å². The third-order valence-electron chi connectivity index (χ3n) is 7.05. The van der Waals surface area contributed by atoms with E-state index in [1.54, 1.807) is 17.5 Å². The molecule has 1 aliphatic rings. The highest BCUT2D eigenvalue weighted by Gasteiger charge is 2.45. The van der Waals surface area contributed by atoms with Crippen molar-refractivity contribution in [1.82, 2.24) is 0 Å². The summed E-state index contributed by atoms with van der Waals surface area (Å²) in [5.41, 5.74) is 5.93. The van der Waals surface area contributed by atoms with Gasteiger partial charge in [0.05, 0.1) is 31.3 Å². The molecule has 31 heavy (non-hydrogen) atoms. The van der Waals surface area contributed by atoms with Crippen LogP contribution in [0.2, 0.25) is 55.9 Å². The van der Waals surface area contributed by atoms with Crippen LogP contribution in [0.3, 0.4) is 0 Å². The Hall–Kier alpha value is -1.05. The summed E-state index contributed by atoms with van der Waals surface area (Å²) < 4.78 is 12.4. The molecule has 1 aliphatic heterocycles. The third kappa shape index (κ3) is 4.98. The second-order valence-corrected chi connectivity index (χ2v) is 27.9. The molecule has 0 unspecified atom stereocenters. The van der Waals surface area contributed by atoms with Crippen LogP contribution in [0.4, 0.5) is 0 Å². The zero-order valence-electron chi connectivity index (χ0n) is 22.4. The van der Waals surface area contributed by atoms with Crippen molar-refractivity contribution >= 4 is 29.4 Å². The van der Waals surface area contributed by atoms with E-state index in [0.717, 1.165) is 11.5 Å².